The number of amides is 1. The molecule has 33 heavy (non-hydrogen) atoms. The van der Waals surface area contributed by atoms with Gasteiger partial charge in [-0.15, -0.1) is 11.3 Å². The average molecular weight is 461 g/mol. The molecule has 1 amide bonds. The molecule has 3 heterocycles. The van der Waals surface area contributed by atoms with E-state index in [1.165, 1.54) is 6.20 Å². The summed E-state index contributed by atoms with van der Waals surface area (Å²) in [5.74, 6) is -0.500. The molecule has 1 aliphatic heterocycles. The van der Waals surface area contributed by atoms with Crippen molar-refractivity contribution in [1.29, 1.82) is 0 Å². The second kappa shape index (κ2) is 9.54. The Morgan fingerprint density at radius 2 is 1.91 bits per heavy atom. The number of ether oxygens (including phenoxy) is 1. The van der Waals surface area contributed by atoms with Crippen LogP contribution < -0.4 is 0 Å². The number of fused-ring (bicyclic) bond motifs is 1. The van der Waals surface area contributed by atoms with Crippen molar-refractivity contribution in [3.05, 3.63) is 83.1 Å². The number of esters is 1. The van der Waals surface area contributed by atoms with Crippen molar-refractivity contribution in [2.75, 3.05) is 19.7 Å². The fraction of sp³-hybridized carbons (Fsp3) is 0.280. The molecule has 2 aromatic carbocycles. The van der Waals surface area contributed by atoms with E-state index >= 15 is 0 Å². The molecular weight excluding hydrogens is 436 g/mol. The van der Waals surface area contributed by atoms with Crippen LogP contribution in [0.4, 0.5) is 0 Å². The first kappa shape index (κ1) is 21.3. The van der Waals surface area contributed by atoms with Gasteiger partial charge in [0.2, 0.25) is 0 Å². The van der Waals surface area contributed by atoms with E-state index in [4.69, 9.17) is 9.72 Å². The minimum Gasteiger partial charge on any atom is -0.452 e. The van der Waals surface area contributed by atoms with E-state index in [1.807, 2.05) is 48.5 Å². The highest BCUT2D eigenvalue weighted by Gasteiger charge is 2.27. The summed E-state index contributed by atoms with van der Waals surface area (Å²) in [5.41, 5.74) is 2.43. The zero-order valence-corrected chi connectivity index (χ0v) is 18.9. The zero-order chi connectivity index (χ0) is 22.6. The number of piperidine rings is 1. The lowest BCUT2D eigenvalue weighted by molar-refractivity contribution is -0.135. The van der Waals surface area contributed by atoms with Crippen LogP contribution in [0.1, 0.15) is 39.7 Å². The number of nitrogens with zero attached hydrogens (tertiary/aromatic N) is 4. The smallest absolute Gasteiger partial charge is 0.341 e. The Kier molecular flexibility index (Phi) is 6.17. The minimum atomic E-state index is -0.539. The quantitative estimate of drug-likeness (QED) is 0.405. The number of rotatable bonds is 6. The number of aromatic nitrogens is 3. The lowest BCUT2D eigenvalue weighted by atomic mass is 9.99. The van der Waals surface area contributed by atoms with Gasteiger partial charge < -0.3 is 9.64 Å². The molecule has 1 fully saturated rings. The maximum Gasteiger partial charge on any atom is 0.341 e. The Hall–Kier alpha value is -3.52. The molecule has 0 spiro atoms. The number of thiazole rings is 1. The van der Waals surface area contributed by atoms with Crippen LogP contribution in [0.25, 0.3) is 10.2 Å². The molecular formula is C25H24N4O3S. The summed E-state index contributed by atoms with van der Waals surface area (Å²) in [5, 5.41) is 5.29. The third kappa shape index (κ3) is 4.96. The van der Waals surface area contributed by atoms with E-state index in [1.54, 1.807) is 27.1 Å². The van der Waals surface area contributed by atoms with Gasteiger partial charge in [-0.25, -0.2) is 9.78 Å². The number of para-hydroxylation sites is 1. The number of hydrogen-bond donors (Lipinski definition) is 0. The third-order valence-electron chi connectivity index (χ3n) is 5.82. The summed E-state index contributed by atoms with van der Waals surface area (Å²) in [4.78, 5) is 31.7. The van der Waals surface area contributed by atoms with Crippen molar-refractivity contribution >= 4 is 33.4 Å². The van der Waals surface area contributed by atoms with Crippen LogP contribution in [-0.2, 0) is 16.1 Å². The van der Waals surface area contributed by atoms with Crippen molar-refractivity contribution in [2.45, 2.75) is 25.3 Å². The average Bonchev–Trinajstić information content (AvgIpc) is 3.50. The number of benzene rings is 2. The van der Waals surface area contributed by atoms with Crippen LogP contribution in [0, 0.1) is 0 Å². The fourth-order valence-electron chi connectivity index (χ4n) is 4.10. The monoisotopic (exact) mass is 460 g/mol. The summed E-state index contributed by atoms with van der Waals surface area (Å²) in [7, 11) is 0. The Balaban J connectivity index is 1.15. The molecule has 1 aliphatic rings. The van der Waals surface area contributed by atoms with Crippen molar-refractivity contribution in [2.24, 2.45) is 0 Å². The fourth-order valence-corrected chi connectivity index (χ4v) is 5.19. The van der Waals surface area contributed by atoms with Crippen LogP contribution in [0.5, 0.6) is 0 Å². The maximum absolute atomic E-state index is 12.7. The van der Waals surface area contributed by atoms with Gasteiger partial charge in [0.1, 0.15) is 0 Å². The zero-order valence-electron chi connectivity index (χ0n) is 18.1. The first-order valence-electron chi connectivity index (χ1n) is 11.0. The van der Waals surface area contributed by atoms with Crippen molar-refractivity contribution in [3.8, 4) is 0 Å². The highest BCUT2D eigenvalue weighted by atomic mass is 32.1. The Morgan fingerprint density at radius 1 is 1.09 bits per heavy atom. The van der Waals surface area contributed by atoms with Gasteiger partial charge >= 0.3 is 5.97 Å². The van der Waals surface area contributed by atoms with Crippen LogP contribution in [0.3, 0.4) is 0 Å². The number of carbonyl (C=O) groups excluding carboxylic acids is 2. The van der Waals surface area contributed by atoms with Crippen molar-refractivity contribution in [1.82, 2.24) is 19.7 Å². The number of carbonyl (C=O) groups is 2. The molecule has 8 heteroatoms. The van der Waals surface area contributed by atoms with Gasteiger partial charge in [0.15, 0.2) is 6.61 Å². The number of hydrogen-bond acceptors (Lipinski definition) is 6. The molecule has 1 unspecified atom stereocenters. The van der Waals surface area contributed by atoms with E-state index < -0.39 is 5.97 Å². The predicted molar refractivity (Wildman–Crippen MR) is 126 cm³/mol. The van der Waals surface area contributed by atoms with Gasteiger partial charge in [-0.05, 0) is 30.5 Å². The van der Waals surface area contributed by atoms with Gasteiger partial charge in [-0.3, -0.25) is 9.48 Å². The number of likely N-dealkylation sites (tertiary alicyclic amines) is 1. The van der Waals surface area contributed by atoms with Gasteiger partial charge in [-0.1, -0.05) is 42.5 Å². The van der Waals surface area contributed by atoms with E-state index in [0.29, 0.717) is 25.2 Å². The van der Waals surface area contributed by atoms with Crippen LogP contribution >= 0.6 is 11.3 Å². The van der Waals surface area contributed by atoms with Gasteiger partial charge in [0.05, 0.1) is 33.5 Å². The Morgan fingerprint density at radius 3 is 2.76 bits per heavy atom. The van der Waals surface area contributed by atoms with Crippen molar-refractivity contribution < 1.29 is 14.3 Å². The molecule has 5 rings (SSSR count). The minimum absolute atomic E-state index is 0.175. The molecule has 1 atom stereocenters. The van der Waals surface area contributed by atoms with E-state index in [2.05, 4.69) is 11.2 Å². The predicted octanol–water partition coefficient (Wildman–Crippen LogP) is 4.10. The van der Waals surface area contributed by atoms with E-state index in [-0.39, 0.29) is 18.4 Å². The normalized spacial score (nSPS) is 16.1. The van der Waals surface area contributed by atoms with E-state index in [9.17, 15) is 9.59 Å². The Labute approximate surface area is 195 Å². The summed E-state index contributed by atoms with van der Waals surface area (Å²) < 4.78 is 8.15. The lowest BCUT2D eigenvalue weighted by Crippen LogP contribution is -2.41. The molecule has 7 nitrogen and oxygen atoms in total. The highest BCUT2D eigenvalue weighted by Crippen LogP contribution is 2.33. The van der Waals surface area contributed by atoms with Crippen molar-refractivity contribution in [3.63, 3.8) is 0 Å². The highest BCUT2D eigenvalue weighted by molar-refractivity contribution is 7.18. The first-order valence-corrected chi connectivity index (χ1v) is 11.8. The molecule has 4 aromatic rings. The maximum atomic E-state index is 12.7. The first-order chi connectivity index (χ1) is 16.2. The van der Waals surface area contributed by atoms with Gasteiger partial charge in [-0.2, -0.15) is 5.10 Å². The van der Waals surface area contributed by atoms with Gasteiger partial charge in [0, 0.05) is 25.2 Å². The largest absolute Gasteiger partial charge is 0.452 e. The summed E-state index contributed by atoms with van der Waals surface area (Å²) in [6.07, 6.45) is 5.03. The van der Waals surface area contributed by atoms with Gasteiger partial charge in [0.25, 0.3) is 5.91 Å². The van der Waals surface area contributed by atoms with E-state index in [0.717, 1.165) is 33.6 Å². The second-order valence-corrected chi connectivity index (χ2v) is 9.25. The molecule has 0 aliphatic carbocycles. The molecule has 0 saturated carbocycles. The van der Waals surface area contributed by atoms with Crippen LogP contribution in [0.15, 0.2) is 67.0 Å². The summed E-state index contributed by atoms with van der Waals surface area (Å²) in [6.45, 7) is 1.57. The topological polar surface area (TPSA) is 77.3 Å². The van der Waals surface area contributed by atoms with Crippen LogP contribution in [0.2, 0.25) is 0 Å². The summed E-state index contributed by atoms with van der Waals surface area (Å²) in [6, 6.07) is 18.0. The Bertz CT molecular complexity index is 1230. The molecule has 0 radical (unpaired) electrons. The lowest BCUT2D eigenvalue weighted by Gasteiger charge is -2.31. The third-order valence-corrected chi connectivity index (χ3v) is 7.02. The second-order valence-electron chi connectivity index (χ2n) is 8.19. The standard InChI is InChI=1S/C25H24N4O3S/c30-23(17-32-25(31)20-13-26-29(16-20)14-18-7-2-1-3-8-18)28-12-6-9-19(15-28)24-27-21-10-4-5-11-22(21)33-24/h1-5,7-8,10-11,13,16,19H,6,9,12,14-15,17H2. The molecule has 0 bridgehead atoms. The molecule has 0 N–H and O–H groups in total. The van der Waals surface area contributed by atoms with Crippen LogP contribution in [-0.4, -0.2) is 51.2 Å². The SMILES string of the molecule is O=C(OCC(=O)N1CCCC(c2nc3ccccc3s2)C1)c1cnn(Cc2ccccc2)c1. The molecule has 168 valence electrons. The molecule has 1 saturated heterocycles. The summed E-state index contributed by atoms with van der Waals surface area (Å²) >= 11 is 1.69. The molecule has 2 aromatic heterocycles.